The smallest absolute Gasteiger partial charge is 0.0950 e. The van der Waals surface area contributed by atoms with Crippen molar-refractivity contribution in [2.24, 2.45) is 5.92 Å². The average Bonchev–Trinajstić information content (AvgIpc) is 2.15. The van der Waals surface area contributed by atoms with Gasteiger partial charge in [0.15, 0.2) is 5.92 Å². The lowest BCUT2D eigenvalue weighted by Crippen LogP contribution is -2.01. The maximum absolute atomic E-state index is 3.92. The predicted octanol–water partition coefficient (Wildman–Crippen LogP) is 3.41. The Morgan fingerprint density at radius 1 is 1.38 bits per heavy atom. The topological polar surface area (TPSA) is 0 Å². The molecule has 1 aromatic carbocycles. The minimum atomic E-state index is 0.280. The molecule has 0 heteroatoms. The highest BCUT2D eigenvalue weighted by Crippen LogP contribution is 2.15. The van der Waals surface area contributed by atoms with Crippen LogP contribution in [0, 0.1) is 12.0 Å². The van der Waals surface area contributed by atoms with Gasteiger partial charge in [-0.1, -0.05) is 36.9 Å². The van der Waals surface area contributed by atoms with Gasteiger partial charge in [-0.05, 0) is 18.1 Å². The van der Waals surface area contributed by atoms with E-state index in [4.69, 9.17) is 0 Å². The van der Waals surface area contributed by atoms with E-state index >= 15 is 0 Å². The standard InChI is InChI=1S/C13H15/c1-4-13(11(2)3)10-12-8-6-5-7-9-12/h5-9,13H,1-2,10H2,3H3/q+1. The summed E-state index contributed by atoms with van der Waals surface area (Å²) in [7, 11) is 0. The largest absolute Gasteiger partial charge is 0.223 e. The molecule has 0 heterocycles. The van der Waals surface area contributed by atoms with Crippen LogP contribution in [0.15, 0.2) is 49.1 Å². The highest BCUT2D eigenvalue weighted by molar-refractivity contribution is 5.18. The molecule has 0 aliphatic heterocycles. The molecule has 66 valence electrons. The molecular weight excluding hydrogens is 156 g/mol. The molecule has 0 spiro atoms. The van der Waals surface area contributed by atoms with Gasteiger partial charge in [0.1, 0.15) is 6.58 Å². The third-order valence-corrected chi connectivity index (χ3v) is 2.12. The number of hydrogen-bond donors (Lipinski definition) is 0. The van der Waals surface area contributed by atoms with Crippen molar-refractivity contribution in [3.05, 3.63) is 60.7 Å². The molecule has 0 bridgehead atoms. The Kier molecular flexibility index (Phi) is 3.42. The summed E-state index contributed by atoms with van der Waals surface area (Å²) in [5, 5.41) is 0. The SMILES string of the molecule is C=[C+]C(Cc1ccccc1)C(=C)C. The van der Waals surface area contributed by atoms with Gasteiger partial charge in [-0.15, -0.1) is 0 Å². The van der Waals surface area contributed by atoms with Crippen LogP contribution >= 0.6 is 0 Å². The van der Waals surface area contributed by atoms with Crippen LogP contribution in [-0.2, 0) is 6.42 Å². The summed E-state index contributed by atoms with van der Waals surface area (Å²) >= 11 is 0. The molecule has 1 atom stereocenters. The van der Waals surface area contributed by atoms with E-state index in [0.29, 0.717) is 0 Å². The van der Waals surface area contributed by atoms with Gasteiger partial charge < -0.3 is 0 Å². The van der Waals surface area contributed by atoms with Crippen LogP contribution < -0.4 is 0 Å². The van der Waals surface area contributed by atoms with Crippen LogP contribution in [-0.4, -0.2) is 0 Å². The Hall–Kier alpha value is -1.39. The van der Waals surface area contributed by atoms with Crippen LogP contribution in [0.4, 0.5) is 0 Å². The van der Waals surface area contributed by atoms with Crippen molar-refractivity contribution in [2.75, 3.05) is 0 Å². The van der Waals surface area contributed by atoms with Crippen molar-refractivity contribution >= 4 is 0 Å². The quantitative estimate of drug-likeness (QED) is 0.481. The van der Waals surface area contributed by atoms with E-state index in [1.54, 1.807) is 0 Å². The van der Waals surface area contributed by atoms with Crippen molar-refractivity contribution in [2.45, 2.75) is 13.3 Å². The molecule has 0 saturated carbocycles. The second kappa shape index (κ2) is 4.59. The summed E-state index contributed by atoms with van der Waals surface area (Å²) in [6.45, 7) is 9.63. The molecule has 1 rings (SSSR count). The Morgan fingerprint density at radius 2 is 2.00 bits per heavy atom. The monoisotopic (exact) mass is 171 g/mol. The van der Waals surface area contributed by atoms with Crippen LogP contribution in [0.25, 0.3) is 0 Å². The van der Waals surface area contributed by atoms with Crippen LogP contribution in [0.5, 0.6) is 0 Å². The van der Waals surface area contributed by atoms with Gasteiger partial charge in [-0.3, -0.25) is 0 Å². The summed E-state index contributed by atoms with van der Waals surface area (Å²) < 4.78 is 0. The molecule has 0 saturated heterocycles. The zero-order chi connectivity index (χ0) is 9.68. The van der Waals surface area contributed by atoms with Crippen molar-refractivity contribution in [3.8, 4) is 0 Å². The fourth-order valence-electron chi connectivity index (χ4n) is 1.27. The van der Waals surface area contributed by atoms with Crippen LogP contribution in [0.2, 0.25) is 0 Å². The first-order valence-corrected chi connectivity index (χ1v) is 4.46. The molecule has 0 radical (unpaired) electrons. The maximum atomic E-state index is 3.92. The summed E-state index contributed by atoms with van der Waals surface area (Å²) in [6, 6.07) is 10.4. The lowest BCUT2D eigenvalue weighted by molar-refractivity contribution is 0.738. The lowest BCUT2D eigenvalue weighted by Gasteiger charge is -2.02. The van der Waals surface area contributed by atoms with Gasteiger partial charge in [-0.2, -0.15) is 0 Å². The average molecular weight is 171 g/mol. The Morgan fingerprint density at radius 3 is 2.46 bits per heavy atom. The first-order valence-electron chi connectivity index (χ1n) is 4.46. The minimum Gasteiger partial charge on any atom is -0.0950 e. The van der Waals surface area contributed by atoms with Crippen LogP contribution in [0.3, 0.4) is 0 Å². The molecule has 0 nitrogen and oxygen atoms in total. The predicted molar refractivity (Wildman–Crippen MR) is 57.3 cm³/mol. The lowest BCUT2D eigenvalue weighted by atomic mass is 9.94. The first kappa shape index (κ1) is 9.70. The van der Waals surface area contributed by atoms with Crippen molar-refractivity contribution < 1.29 is 0 Å². The number of benzene rings is 1. The van der Waals surface area contributed by atoms with Crippen molar-refractivity contribution in [1.29, 1.82) is 0 Å². The Bertz CT molecular complexity index is 282. The summed E-state index contributed by atoms with van der Waals surface area (Å²) in [5.41, 5.74) is 2.44. The fourth-order valence-corrected chi connectivity index (χ4v) is 1.27. The van der Waals surface area contributed by atoms with Gasteiger partial charge in [0, 0.05) is 6.42 Å². The van der Waals surface area contributed by atoms with Gasteiger partial charge >= 0.3 is 0 Å². The molecule has 13 heavy (non-hydrogen) atoms. The van der Waals surface area contributed by atoms with E-state index in [0.717, 1.165) is 12.0 Å². The summed E-state index contributed by atoms with van der Waals surface area (Å²) in [5.74, 6) is 0.280. The van der Waals surface area contributed by atoms with E-state index in [2.05, 4.69) is 31.4 Å². The number of rotatable bonds is 4. The molecule has 1 aromatic rings. The fraction of sp³-hybridized carbons (Fsp3) is 0.231. The first-order chi connectivity index (χ1) is 6.24. The number of hydrogen-bond acceptors (Lipinski definition) is 0. The Labute approximate surface area is 80.6 Å². The van der Waals surface area contributed by atoms with Crippen LogP contribution in [0.1, 0.15) is 12.5 Å². The van der Waals surface area contributed by atoms with E-state index in [9.17, 15) is 0 Å². The van der Waals surface area contributed by atoms with Gasteiger partial charge in [-0.25, -0.2) is 0 Å². The highest BCUT2D eigenvalue weighted by atomic mass is 14.1. The van der Waals surface area contributed by atoms with E-state index in [1.165, 1.54) is 5.56 Å². The third kappa shape index (κ3) is 2.85. The van der Waals surface area contributed by atoms with Crippen molar-refractivity contribution in [1.82, 2.24) is 0 Å². The highest BCUT2D eigenvalue weighted by Gasteiger charge is 2.16. The molecule has 1 unspecified atom stereocenters. The summed E-state index contributed by atoms with van der Waals surface area (Å²) in [4.78, 5) is 0. The van der Waals surface area contributed by atoms with Gasteiger partial charge in [0.2, 0.25) is 6.08 Å². The maximum Gasteiger partial charge on any atom is 0.223 e. The van der Waals surface area contributed by atoms with Gasteiger partial charge in [0.25, 0.3) is 0 Å². The second-order valence-electron chi connectivity index (χ2n) is 3.29. The van der Waals surface area contributed by atoms with E-state index in [1.807, 2.05) is 25.1 Å². The van der Waals surface area contributed by atoms with Crippen molar-refractivity contribution in [3.63, 3.8) is 0 Å². The summed E-state index contributed by atoms with van der Waals surface area (Å²) in [6.07, 6.45) is 3.96. The van der Waals surface area contributed by atoms with Gasteiger partial charge in [0.05, 0.1) is 0 Å². The van der Waals surface area contributed by atoms with E-state index < -0.39 is 0 Å². The second-order valence-corrected chi connectivity index (χ2v) is 3.29. The third-order valence-electron chi connectivity index (χ3n) is 2.12. The molecule has 0 fully saturated rings. The Balaban J connectivity index is 2.67. The molecule has 0 aliphatic carbocycles. The molecule has 0 aromatic heterocycles. The normalized spacial score (nSPS) is 11.8. The molecular formula is C13H15+. The minimum absolute atomic E-state index is 0.280. The van der Waals surface area contributed by atoms with E-state index in [-0.39, 0.29) is 5.92 Å². The number of allylic oxidation sites excluding steroid dienone is 2. The molecule has 0 aliphatic rings. The molecule has 0 amide bonds. The molecule has 0 N–H and O–H groups in total. The zero-order valence-corrected chi connectivity index (χ0v) is 8.09. The zero-order valence-electron chi connectivity index (χ0n) is 8.09.